The zero-order valence-electron chi connectivity index (χ0n) is 11.2. The molecule has 0 spiro atoms. The van der Waals surface area contributed by atoms with Crippen molar-refractivity contribution in [2.45, 2.75) is 26.2 Å². The van der Waals surface area contributed by atoms with Gasteiger partial charge in [-0.15, -0.1) is 11.3 Å². The first-order valence-corrected chi connectivity index (χ1v) is 7.19. The fourth-order valence-electron chi connectivity index (χ4n) is 2.23. The maximum absolute atomic E-state index is 4.57. The zero-order valence-corrected chi connectivity index (χ0v) is 12.1. The average molecular weight is 260 g/mol. The summed E-state index contributed by atoms with van der Waals surface area (Å²) >= 11 is 1.73. The molecule has 2 aromatic rings. The van der Waals surface area contributed by atoms with Crippen molar-refractivity contribution >= 4 is 11.3 Å². The summed E-state index contributed by atoms with van der Waals surface area (Å²) in [5.74, 6) is 0.497. The number of aryl methyl sites for hydroxylation is 2. The second-order valence-electron chi connectivity index (χ2n) is 4.73. The second kappa shape index (κ2) is 6.12. The molecule has 18 heavy (non-hydrogen) atoms. The van der Waals surface area contributed by atoms with Crippen LogP contribution in [0.15, 0.2) is 29.6 Å². The number of benzene rings is 1. The molecule has 0 saturated heterocycles. The van der Waals surface area contributed by atoms with Crippen molar-refractivity contribution in [1.82, 2.24) is 10.3 Å². The lowest BCUT2D eigenvalue weighted by molar-refractivity contribution is 0.619. The van der Waals surface area contributed by atoms with Gasteiger partial charge in [-0.3, -0.25) is 0 Å². The van der Waals surface area contributed by atoms with Crippen molar-refractivity contribution in [3.05, 3.63) is 51.5 Å². The van der Waals surface area contributed by atoms with E-state index in [1.807, 2.05) is 7.05 Å². The fourth-order valence-corrected chi connectivity index (χ4v) is 2.86. The summed E-state index contributed by atoms with van der Waals surface area (Å²) in [4.78, 5) is 4.57. The van der Waals surface area contributed by atoms with E-state index in [1.54, 1.807) is 11.3 Å². The van der Waals surface area contributed by atoms with E-state index in [2.05, 4.69) is 53.8 Å². The highest BCUT2D eigenvalue weighted by atomic mass is 32.1. The van der Waals surface area contributed by atoms with Crippen LogP contribution in [0.3, 0.4) is 0 Å². The van der Waals surface area contributed by atoms with Gasteiger partial charge in [-0.05, 0) is 32.9 Å². The molecule has 0 saturated carbocycles. The molecule has 2 nitrogen and oxygen atoms in total. The number of thiazole rings is 1. The monoisotopic (exact) mass is 260 g/mol. The first-order chi connectivity index (χ1) is 8.69. The molecule has 2 rings (SSSR count). The minimum absolute atomic E-state index is 0.497. The van der Waals surface area contributed by atoms with Crippen LogP contribution in [0.1, 0.15) is 27.7 Å². The standard InChI is InChI=1S/C15H20N2S/c1-11-5-4-6-13(7-11)14(9-16-3)8-15-10-18-12(2)17-15/h4-7,10,14,16H,8-9H2,1-3H3. The second-order valence-corrected chi connectivity index (χ2v) is 5.79. The Morgan fingerprint density at radius 2 is 2.17 bits per heavy atom. The maximum Gasteiger partial charge on any atom is 0.0897 e. The minimum atomic E-state index is 0.497. The van der Waals surface area contributed by atoms with Gasteiger partial charge in [-0.25, -0.2) is 4.98 Å². The minimum Gasteiger partial charge on any atom is -0.319 e. The van der Waals surface area contributed by atoms with Crippen LogP contribution in [0.25, 0.3) is 0 Å². The van der Waals surface area contributed by atoms with Crippen LogP contribution in [0.5, 0.6) is 0 Å². The highest BCUT2D eigenvalue weighted by Crippen LogP contribution is 2.22. The number of nitrogens with one attached hydrogen (secondary N) is 1. The highest BCUT2D eigenvalue weighted by molar-refractivity contribution is 7.09. The number of rotatable bonds is 5. The number of hydrogen-bond donors (Lipinski definition) is 1. The molecule has 96 valence electrons. The molecule has 1 aromatic carbocycles. The van der Waals surface area contributed by atoms with Crippen molar-refractivity contribution in [1.29, 1.82) is 0 Å². The molecule has 3 heteroatoms. The first-order valence-electron chi connectivity index (χ1n) is 6.31. The lowest BCUT2D eigenvalue weighted by Crippen LogP contribution is -2.19. The third kappa shape index (κ3) is 3.40. The number of nitrogens with zero attached hydrogens (tertiary/aromatic N) is 1. The number of likely N-dealkylation sites (N-methyl/N-ethyl adjacent to an activating group) is 1. The zero-order chi connectivity index (χ0) is 13.0. The number of hydrogen-bond acceptors (Lipinski definition) is 3. The van der Waals surface area contributed by atoms with Gasteiger partial charge in [0, 0.05) is 17.8 Å². The van der Waals surface area contributed by atoms with Gasteiger partial charge in [0.2, 0.25) is 0 Å². The summed E-state index contributed by atoms with van der Waals surface area (Å²) in [5, 5.41) is 6.61. The summed E-state index contributed by atoms with van der Waals surface area (Å²) in [6.45, 7) is 5.20. The van der Waals surface area contributed by atoms with Crippen LogP contribution in [0.2, 0.25) is 0 Å². The van der Waals surface area contributed by atoms with Crippen LogP contribution in [0.4, 0.5) is 0 Å². The van der Waals surface area contributed by atoms with Crippen molar-refractivity contribution in [2.75, 3.05) is 13.6 Å². The normalized spacial score (nSPS) is 12.6. The van der Waals surface area contributed by atoms with Gasteiger partial charge in [0.15, 0.2) is 0 Å². The predicted molar refractivity (Wildman–Crippen MR) is 78.4 cm³/mol. The van der Waals surface area contributed by atoms with E-state index in [9.17, 15) is 0 Å². The van der Waals surface area contributed by atoms with Crippen molar-refractivity contribution in [3.63, 3.8) is 0 Å². The topological polar surface area (TPSA) is 24.9 Å². The molecule has 0 aliphatic rings. The van der Waals surface area contributed by atoms with Crippen LogP contribution in [-0.2, 0) is 6.42 Å². The summed E-state index contributed by atoms with van der Waals surface area (Å²) in [6.07, 6.45) is 1.01. The molecule has 1 N–H and O–H groups in total. The third-order valence-electron chi connectivity index (χ3n) is 3.09. The van der Waals surface area contributed by atoms with E-state index >= 15 is 0 Å². The maximum atomic E-state index is 4.57. The third-order valence-corrected chi connectivity index (χ3v) is 3.91. The van der Waals surface area contributed by atoms with Gasteiger partial charge in [0.25, 0.3) is 0 Å². The Morgan fingerprint density at radius 1 is 1.33 bits per heavy atom. The summed E-state index contributed by atoms with van der Waals surface area (Å²) in [6, 6.07) is 8.78. The van der Waals surface area contributed by atoms with Gasteiger partial charge >= 0.3 is 0 Å². The quantitative estimate of drug-likeness (QED) is 0.892. The fraction of sp³-hybridized carbons (Fsp3) is 0.400. The van der Waals surface area contributed by atoms with E-state index in [-0.39, 0.29) is 0 Å². The SMILES string of the molecule is CNCC(Cc1csc(C)n1)c1cccc(C)c1. The molecule has 0 fully saturated rings. The number of aromatic nitrogens is 1. The Hall–Kier alpha value is -1.19. The Morgan fingerprint density at radius 3 is 2.78 bits per heavy atom. The largest absolute Gasteiger partial charge is 0.319 e. The highest BCUT2D eigenvalue weighted by Gasteiger charge is 2.13. The van der Waals surface area contributed by atoms with Crippen molar-refractivity contribution in [3.8, 4) is 0 Å². The molecule has 1 atom stereocenters. The van der Waals surface area contributed by atoms with Crippen molar-refractivity contribution < 1.29 is 0 Å². The molecular formula is C15H20N2S. The molecule has 0 amide bonds. The molecule has 0 bridgehead atoms. The van der Waals surface area contributed by atoms with E-state index in [1.165, 1.54) is 16.8 Å². The van der Waals surface area contributed by atoms with Gasteiger partial charge in [0.05, 0.1) is 10.7 Å². The van der Waals surface area contributed by atoms with Gasteiger partial charge in [0.1, 0.15) is 0 Å². The molecule has 0 radical (unpaired) electrons. The molecular weight excluding hydrogens is 240 g/mol. The average Bonchev–Trinajstić information content (AvgIpc) is 2.74. The smallest absolute Gasteiger partial charge is 0.0897 e. The van der Waals surface area contributed by atoms with Gasteiger partial charge in [-0.2, -0.15) is 0 Å². The first kappa shape index (κ1) is 13.2. The Kier molecular flexibility index (Phi) is 4.50. The summed E-state index contributed by atoms with van der Waals surface area (Å²) in [7, 11) is 2.01. The predicted octanol–water partition coefficient (Wildman–Crippen LogP) is 3.31. The van der Waals surface area contributed by atoms with Crippen LogP contribution in [-0.4, -0.2) is 18.6 Å². The van der Waals surface area contributed by atoms with E-state index < -0.39 is 0 Å². The summed E-state index contributed by atoms with van der Waals surface area (Å²) < 4.78 is 0. The van der Waals surface area contributed by atoms with Gasteiger partial charge < -0.3 is 5.32 Å². The lowest BCUT2D eigenvalue weighted by atomic mass is 9.93. The Bertz CT molecular complexity index is 505. The van der Waals surface area contributed by atoms with Crippen LogP contribution >= 0.6 is 11.3 Å². The molecule has 1 aromatic heterocycles. The van der Waals surface area contributed by atoms with Gasteiger partial charge in [-0.1, -0.05) is 29.8 Å². The molecule has 0 aliphatic heterocycles. The van der Waals surface area contributed by atoms with Crippen LogP contribution < -0.4 is 5.32 Å². The summed E-state index contributed by atoms with van der Waals surface area (Å²) in [5.41, 5.74) is 3.93. The van der Waals surface area contributed by atoms with Crippen molar-refractivity contribution in [2.24, 2.45) is 0 Å². The van der Waals surface area contributed by atoms with E-state index in [0.29, 0.717) is 5.92 Å². The Balaban J connectivity index is 2.17. The molecule has 1 heterocycles. The molecule has 0 aliphatic carbocycles. The van der Waals surface area contributed by atoms with E-state index in [4.69, 9.17) is 0 Å². The molecule has 1 unspecified atom stereocenters. The lowest BCUT2D eigenvalue weighted by Gasteiger charge is -2.16. The Labute approximate surface area is 113 Å². The van der Waals surface area contributed by atoms with Crippen LogP contribution in [0, 0.1) is 13.8 Å². The van der Waals surface area contributed by atoms with E-state index in [0.717, 1.165) is 18.0 Å².